The Bertz CT molecular complexity index is 1120. The van der Waals surface area contributed by atoms with E-state index in [1.165, 1.54) is 14.2 Å². The second kappa shape index (κ2) is 5.94. The van der Waals surface area contributed by atoms with Crippen molar-refractivity contribution in [2.24, 2.45) is 0 Å². The van der Waals surface area contributed by atoms with Gasteiger partial charge in [-0.05, 0) is 12.1 Å². The highest BCUT2D eigenvalue weighted by atomic mass is 16.5. The molecular weight excluding hydrogens is 352 g/mol. The van der Waals surface area contributed by atoms with Crippen molar-refractivity contribution in [3.8, 4) is 5.75 Å². The van der Waals surface area contributed by atoms with Gasteiger partial charge in [-0.2, -0.15) is 0 Å². The normalized spacial score (nSPS) is 13.2. The van der Waals surface area contributed by atoms with Gasteiger partial charge in [0.05, 0.1) is 31.0 Å². The van der Waals surface area contributed by atoms with E-state index in [2.05, 4.69) is 4.98 Å². The highest BCUT2D eigenvalue weighted by Crippen LogP contribution is 2.42. The van der Waals surface area contributed by atoms with E-state index < -0.39 is 17.8 Å². The molecule has 2 aromatic carbocycles. The summed E-state index contributed by atoms with van der Waals surface area (Å²) in [5.74, 6) is -1.72. The monoisotopic (exact) mass is 366 g/mol. The number of aryl methyl sites for hydroxylation is 1. The molecule has 1 aliphatic heterocycles. The number of oxazole rings is 1. The third-order valence-corrected chi connectivity index (χ3v) is 4.35. The number of fused-ring (bicyclic) bond motifs is 2. The van der Waals surface area contributed by atoms with E-state index in [9.17, 15) is 14.4 Å². The molecule has 2 amide bonds. The van der Waals surface area contributed by atoms with E-state index in [-0.39, 0.29) is 39.4 Å². The lowest BCUT2D eigenvalue weighted by atomic mass is 10.00. The lowest BCUT2D eigenvalue weighted by molar-refractivity contribution is 0.0598. The number of para-hydroxylation sites is 1. The predicted octanol–water partition coefficient (Wildman–Crippen LogP) is 2.73. The Kier molecular flexibility index (Phi) is 3.69. The Morgan fingerprint density at radius 2 is 1.74 bits per heavy atom. The van der Waals surface area contributed by atoms with Gasteiger partial charge in [-0.3, -0.25) is 9.59 Å². The van der Waals surface area contributed by atoms with Crippen LogP contribution in [0.15, 0.2) is 34.7 Å². The molecule has 0 aliphatic carbocycles. The molecule has 0 saturated carbocycles. The first-order chi connectivity index (χ1) is 13.0. The standard InChI is InChI=1S/C19H14N2O6/c1-9-20-14-15(25-2)12-11(13(16(14)27-9)19(24)26-3)17(22)21(18(12)23)10-7-5-4-6-8-10/h4-8H,1-3H3. The van der Waals surface area contributed by atoms with Crippen LogP contribution in [0.1, 0.15) is 37.0 Å². The number of benzene rings is 2. The van der Waals surface area contributed by atoms with Crippen molar-refractivity contribution in [1.82, 2.24) is 4.98 Å². The highest BCUT2D eigenvalue weighted by molar-refractivity contribution is 6.39. The minimum atomic E-state index is -0.800. The van der Waals surface area contributed by atoms with E-state index in [1.807, 2.05) is 0 Å². The van der Waals surface area contributed by atoms with Crippen molar-refractivity contribution in [2.75, 3.05) is 19.1 Å². The number of anilines is 1. The number of imide groups is 1. The summed E-state index contributed by atoms with van der Waals surface area (Å²) in [5, 5.41) is 0. The van der Waals surface area contributed by atoms with E-state index >= 15 is 0 Å². The van der Waals surface area contributed by atoms with Crippen LogP contribution in [0.25, 0.3) is 11.1 Å². The number of hydrogen-bond acceptors (Lipinski definition) is 7. The number of amides is 2. The summed E-state index contributed by atoms with van der Waals surface area (Å²) in [4.78, 5) is 43.9. The van der Waals surface area contributed by atoms with Crippen molar-refractivity contribution in [3.05, 3.63) is 52.9 Å². The van der Waals surface area contributed by atoms with Crippen LogP contribution in [-0.2, 0) is 4.74 Å². The van der Waals surface area contributed by atoms with E-state index in [0.717, 1.165) is 4.90 Å². The largest absolute Gasteiger partial charge is 0.493 e. The zero-order chi connectivity index (χ0) is 19.3. The quantitative estimate of drug-likeness (QED) is 0.519. The van der Waals surface area contributed by atoms with Crippen molar-refractivity contribution < 1.29 is 28.3 Å². The van der Waals surface area contributed by atoms with Crippen molar-refractivity contribution in [1.29, 1.82) is 0 Å². The van der Waals surface area contributed by atoms with Crippen LogP contribution in [0.2, 0.25) is 0 Å². The molecule has 0 N–H and O–H groups in total. The Balaban J connectivity index is 2.10. The molecule has 3 aromatic rings. The van der Waals surface area contributed by atoms with E-state index in [4.69, 9.17) is 13.9 Å². The van der Waals surface area contributed by atoms with Crippen molar-refractivity contribution in [2.45, 2.75) is 6.92 Å². The zero-order valence-corrected chi connectivity index (χ0v) is 14.7. The summed E-state index contributed by atoms with van der Waals surface area (Å²) in [6.45, 7) is 1.59. The number of aromatic nitrogens is 1. The molecule has 0 fully saturated rings. The molecule has 0 atom stereocenters. The van der Waals surface area contributed by atoms with Gasteiger partial charge in [0.2, 0.25) is 0 Å². The van der Waals surface area contributed by atoms with Crippen LogP contribution in [0, 0.1) is 6.92 Å². The van der Waals surface area contributed by atoms with Gasteiger partial charge in [0.15, 0.2) is 22.7 Å². The summed E-state index contributed by atoms with van der Waals surface area (Å²) in [5.41, 5.74) is 0.322. The third-order valence-electron chi connectivity index (χ3n) is 4.35. The third kappa shape index (κ3) is 2.23. The predicted molar refractivity (Wildman–Crippen MR) is 94.2 cm³/mol. The van der Waals surface area contributed by atoms with Gasteiger partial charge in [0, 0.05) is 6.92 Å². The average molecular weight is 366 g/mol. The summed E-state index contributed by atoms with van der Waals surface area (Å²) in [6.07, 6.45) is 0. The van der Waals surface area contributed by atoms with Crippen LogP contribution < -0.4 is 9.64 Å². The lowest BCUT2D eigenvalue weighted by Gasteiger charge is -2.13. The van der Waals surface area contributed by atoms with Gasteiger partial charge in [-0.1, -0.05) is 18.2 Å². The molecule has 1 aromatic heterocycles. The number of rotatable bonds is 3. The molecule has 136 valence electrons. The first-order valence-corrected chi connectivity index (χ1v) is 8.02. The number of carbonyl (C=O) groups is 3. The first-order valence-electron chi connectivity index (χ1n) is 8.02. The van der Waals surface area contributed by atoms with Crippen LogP contribution in [-0.4, -0.2) is 37.0 Å². The minimum absolute atomic E-state index is 0.0347. The van der Waals surface area contributed by atoms with Crippen LogP contribution in [0.3, 0.4) is 0 Å². The van der Waals surface area contributed by atoms with Gasteiger partial charge >= 0.3 is 5.97 Å². The van der Waals surface area contributed by atoms with E-state index in [0.29, 0.717) is 5.69 Å². The summed E-state index contributed by atoms with van der Waals surface area (Å²) >= 11 is 0. The zero-order valence-electron chi connectivity index (χ0n) is 14.7. The second-order valence-electron chi connectivity index (χ2n) is 5.84. The van der Waals surface area contributed by atoms with Crippen molar-refractivity contribution >= 4 is 34.6 Å². The van der Waals surface area contributed by atoms with Crippen molar-refractivity contribution in [3.63, 3.8) is 0 Å². The molecule has 8 heteroatoms. The highest BCUT2D eigenvalue weighted by Gasteiger charge is 2.45. The molecule has 27 heavy (non-hydrogen) atoms. The van der Waals surface area contributed by atoms with E-state index in [1.54, 1.807) is 37.3 Å². The minimum Gasteiger partial charge on any atom is -0.493 e. The van der Waals surface area contributed by atoms with Gasteiger partial charge in [0.1, 0.15) is 5.56 Å². The molecule has 4 rings (SSSR count). The topological polar surface area (TPSA) is 98.9 Å². The fourth-order valence-electron chi connectivity index (χ4n) is 3.26. The maximum absolute atomic E-state index is 13.1. The molecule has 1 aliphatic rings. The smallest absolute Gasteiger partial charge is 0.342 e. The fraction of sp³-hybridized carbons (Fsp3) is 0.158. The van der Waals surface area contributed by atoms with Gasteiger partial charge in [-0.25, -0.2) is 14.7 Å². The molecule has 0 spiro atoms. The summed E-state index contributed by atoms with van der Waals surface area (Å²) < 4.78 is 15.7. The Morgan fingerprint density at radius 1 is 1.07 bits per heavy atom. The molecule has 0 unspecified atom stereocenters. The molecular formula is C19H14N2O6. The molecule has 8 nitrogen and oxygen atoms in total. The van der Waals surface area contributed by atoms with Crippen LogP contribution >= 0.6 is 0 Å². The number of hydrogen-bond donors (Lipinski definition) is 0. The number of esters is 1. The SMILES string of the molecule is COC(=O)c1c2c(c(OC)c3nc(C)oc13)C(=O)N(c1ccccc1)C2=O. The van der Waals surface area contributed by atoms with Crippen LogP contribution in [0.4, 0.5) is 5.69 Å². The van der Waals surface area contributed by atoms with Gasteiger partial charge < -0.3 is 13.9 Å². The maximum Gasteiger partial charge on any atom is 0.342 e. The maximum atomic E-state index is 13.1. The molecule has 0 bridgehead atoms. The molecule has 0 radical (unpaired) electrons. The Labute approximate surface area is 153 Å². The molecule has 2 heterocycles. The fourth-order valence-corrected chi connectivity index (χ4v) is 3.26. The molecule has 0 saturated heterocycles. The van der Waals surface area contributed by atoms with Crippen LogP contribution in [0.5, 0.6) is 5.75 Å². The Morgan fingerprint density at radius 3 is 2.37 bits per heavy atom. The first kappa shape index (κ1) is 16.8. The second-order valence-corrected chi connectivity index (χ2v) is 5.84. The Hall–Kier alpha value is -3.68. The summed E-state index contributed by atoms with van der Waals surface area (Å²) in [7, 11) is 2.55. The van der Waals surface area contributed by atoms with Gasteiger partial charge in [0.25, 0.3) is 11.8 Å². The lowest BCUT2D eigenvalue weighted by Crippen LogP contribution is -2.29. The number of nitrogens with zero attached hydrogens (tertiary/aromatic N) is 2. The number of methoxy groups -OCH3 is 2. The van der Waals surface area contributed by atoms with Gasteiger partial charge in [-0.15, -0.1) is 0 Å². The number of ether oxygens (including phenoxy) is 2. The average Bonchev–Trinajstić information content (AvgIpc) is 3.17. The summed E-state index contributed by atoms with van der Waals surface area (Å²) in [6, 6.07) is 8.42. The number of carbonyl (C=O) groups excluding carboxylic acids is 3.